The number of aromatic nitrogens is 3. The molecule has 0 spiro atoms. The summed E-state index contributed by atoms with van der Waals surface area (Å²) in [6.45, 7) is 5.59. The maximum atomic E-state index is 12.9. The van der Waals surface area contributed by atoms with Crippen LogP contribution in [0.2, 0.25) is 0 Å². The number of alkyl halides is 2. The molecule has 1 fully saturated rings. The van der Waals surface area contributed by atoms with Gasteiger partial charge in [-0.1, -0.05) is 0 Å². The van der Waals surface area contributed by atoms with Crippen molar-refractivity contribution >= 4 is 23.3 Å². The zero-order valence-electron chi connectivity index (χ0n) is 18.6. The number of hydrogen-bond donors (Lipinski definition) is 3. The molecule has 32 heavy (non-hydrogen) atoms. The number of nitrogens with two attached hydrogens (primary N) is 2. The fourth-order valence-corrected chi connectivity index (χ4v) is 4.32. The summed E-state index contributed by atoms with van der Waals surface area (Å²) < 4.78 is 26.5. The van der Waals surface area contributed by atoms with Crippen LogP contribution in [0.25, 0.3) is 22.9 Å². The van der Waals surface area contributed by atoms with E-state index in [1.54, 1.807) is 12.3 Å². The van der Waals surface area contributed by atoms with E-state index in [0.29, 0.717) is 32.9 Å². The lowest BCUT2D eigenvalue weighted by Gasteiger charge is -2.36. The van der Waals surface area contributed by atoms with Gasteiger partial charge in [-0.15, -0.1) is 0 Å². The first-order valence-corrected chi connectivity index (χ1v) is 10.6. The first-order valence-electron chi connectivity index (χ1n) is 10.6. The number of nitrogens with one attached hydrogen (secondary N) is 1. The van der Waals surface area contributed by atoms with Crippen molar-refractivity contribution in [1.82, 2.24) is 19.7 Å². The Kier molecular flexibility index (Phi) is 5.92. The van der Waals surface area contributed by atoms with E-state index in [9.17, 15) is 8.78 Å². The van der Waals surface area contributed by atoms with Crippen LogP contribution in [0, 0.1) is 13.8 Å². The highest BCUT2D eigenvalue weighted by Crippen LogP contribution is 2.33. The fourth-order valence-electron chi connectivity index (χ4n) is 4.32. The third-order valence-corrected chi connectivity index (χ3v) is 6.01. The summed E-state index contributed by atoms with van der Waals surface area (Å²) in [4.78, 5) is 7.71. The molecule has 1 aromatic carbocycles. The molecule has 0 unspecified atom stereocenters. The Morgan fingerprint density at radius 1 is 1.16 bits per heavy atom. The highest BCUT2D eigenvalue weighted by Gasteiger charge is 2.19. The number of H-pyrrole nitrogens is 1. The zero-order chi connectivity index (χ0) is 23.0. The van der Waals surface area contributed by atoms with Gasteiger partial charge in [0.2, 0.25) is 0 Å². The first-order chi connectivity index (χ1) is 15.2. The average Bonchev–Trinajstić information content (AvgIpc) is 3.36. The van der Waals surface area contributed by atoms with Crippen molar-refractivity contribution in [2.75, 3.05) is 43.9 Å². The number of nitrogen functional groups attached to an aromatic ring is 1. The van der Waals surface area contributed by atoms with E-state index in [4.69, 9.17) is 11.5 Å². The van der Waals surface area contributed by atoms with Gasteiger partial charge in [0, 0.05) is 66.6 Å². The van der Waals surface area contributed by atoms with E-state index >= 15 is 0 Å². The molecule has 0 atom stereocenters. The van der Waals surface area contributed by atoms with Crippen molar-refractivity contribution in [3.05, 3.63) is 53.0 Å². The van der Waals surface area contributed by atoms with Crippen LogP contribution in [0.1, 0.15) is 28.8 Å². The van der Waals surface area contributed by atoms with Gasteiger partial charge in [0.15, 0.2) is 0 Å². The van der Waals surface area contributed by atoms with Gasteiger partial charge < -0.3 is 26.3 Å². The molecular weight excluding hydrogens is 412 g/mol. The molecule has 0 radical (unpaired) electrons. The maximum Gasteiger partial charge on any atom is 0.333 e. The topological polar surface area (TPSA) is 92.1 Å². The predicted octanol–water partition coefficient (Wildman–Crippen LogP) is 3.68. The lowest BCUT2D eigenvalue weighted by molar-refractivity contribution is 0.0566. The molecule has 170 valence electrons. The summed E-state index contributed by atoms with van der Waals surface area (Å²) in [6.07, 6.45) is 6.14. The Morgan fingerprint density at radius 3 is 2.41 bits per heavy atom. The van der Waals surface area contributed by atoms with Crippen LogP contribution >= 0.6 is 0 Å². The molecule has 0 amide bonds. The van der Waals surface area contributed by atoms with Crippen LogP contribution in [0.5, 0.6) is 0 Å². The van der Waals surface area contributed by atoms with E-state index in [-0.39, 0.29) is 0 Å². The highest BCUT2D eigenvalue weighted by molar-refractivity contribution is 5.90. The van der Waals surface area contributed by atoms with E-state index in [0.717, 1.165) is 31.7 Å². The smallest absolute Gasteiger partial charge is 0.333 e. The Hall–Kier alpha value is -3.33. The number of piperazine rings is 1. The average molecular weight is 442 g/mol. The van der Waals surface area contributed by atoms with Crippen LogP contribution in [0.15, 0.2) is 30.7 Å². The van der Waals surface area contributed by atoms with E-state index in [1.165, 1.54) is 29.2 Å². The second kappa shape index (κ2) is 8.66. The van der Waals surface area contributed by atoms with Gasteiger partial charge in [0.05, 0.1) is 6.20 Å². The van der Waals surface area contributed by atoms with Crippen molar-refractivity contribution in [2.24, 2.45) is 5.73 Å². The van der Waals surface area contributed by atoms with Gasteiger partial charge in [0.25, 0.3) is 0 Å². The normalized spacial score (nSPS) is 15.7. The number of anilines is 2. The number of halogens is 2. The zero-order valence-corrected chi connectivity index (χ0v) is 18.6. The van der Waals surface area contributed by atoms with Gasteiger partial charge in [-0.05, 0) is 55.8 Å². The minimum absolute atomic E-state index is 0.412. The molecule has 0 aliphatic carbocycles. The first kappa shape index (κ1) is 21.9. The molecule has 4 rings (SSSR count). The fraction of sp³-hybridized carbons (Fsp3) is 0.348. The second-order valence-electron chi connectivity index (χ2n) is 8.37. The van der Waals surface area contributed by atoms with Gasteiger partial charge >= 0.3 is 6.55 Å². The van der Waals surface area contributed by atoms with Crippen LogP contribution in [0.4, 0.5) is 20.3 Å². The molecule has 2 aromatic heterocycles. The molecule has 1 aliphatic rings. The second-order valence-corrected chi connectivity index (χ2v) is 8.37. The third kappa shape index (κ3) is 4.20. The summed E-state index contributed by atoms with van der Waals surface area (Å²) in [6, 6.07) is 4.17. The Balaban J connectivity index is 1.66. The third-order valence-electron chi connectivity index (χ3n) is 6.01. The summed E-state index contributed by atoms with van der Waals surface area (Å²) in [7, 11) is 2.14. The number of hydrogen-bond acceptors (Lipinski definition) is 5. The quantitative estimate of drug-likeness (QED) is 0.562. The molecule has 5 N–H and O–H groups in total. The maximum absolute atomic E-state index is 12.9. The number of rotatable bonds is 5. The molecule has 3 aromatic rings. The van der Waals surface area contributed by atoms with Gasteiger partial charge in [0.1, 0.15) is 5.82 Å². The SMILES string of the molecule is Cc1cc(/C(N)=C/c2c(-c3cnn(C(F)F)c3)c[nH]c2N)cc(C)c1N1CCN(C)CC1. The molecule has 1 saturated heterocycles. The van der Waals surface area contributed by atoms with Gasteiger partial charge in [-0.25, -0.2) is 4.68 Å². The van der Waals surface area contributed by atoms with Crippen molar-refractivity contribution in [3.8, 4) is 11.1 Å². The predicted molar refractivity (Wildman–Crippen MR) is 125 cm³/mol. The summed E-state index contributed by atoms with van der Waals surface area (Å²) >= 11 is 0. The summed E-state index contributed by atoms with van der Waals surface area (Å²) in [5.74, 6) is 0.412. The van der Waals surface area contributed by atoms with E-state index in [2.05, 4.69) is 52.9 Å². The lowest BCUT2D eigenvalue weighted by Crippen LogP contribution is -2.45. The molecule has 3 heterocycles. The van der Waals surface area contributed by atoms with Crippen LogP contribution in [0.3, 0.4) is 0 Å². The minimum Gasteiger partial charge on any atom is -0.398 e. The lowest BCUT2D eigenvalue weighted by atomic mass is 9.99. The Morgan fingerprint density at radius 2 is 1.81 bits per heavy atom. The standard InChI is InChI=1S/C23H29F2N7/c1-14-8-16(9-15(2)21(14)31-6-4-30(3)5-7-31)20(26)10-18-19(12-28-22(18)27)17-11-29-32(13-17)23(24)25/h8-13,23,28H,4-7,26-27H2,1-3H3/b20-10-. The van der Waals surface area contributed by atoms with Crippen molar-refractivity contribution in [2.45, 2.75) is 20.4 Å². The van der Waals surface area contributed by atoms with Crippen molar-refractivity contribution in [1.29, 1.82) is 0 Å². The van der Waals surface area contributed by atoms with Crippen LogP contribution in [-0.2, 0) is 0 Å². The molecule has 0 bridgehead atoms. The van der Waals surface area contributed by atoms with E-state index < -0.39 is 6.55 Å². The van der Waals surface area contributed by atoms with Gasteiger partial charge in [-0.3, -0.25) is 0 Å². The minimum atomic E-state index is -2.70. The number of aromatic amines is 1. The molecule has 9 heteroatoms. The number of likely N-dealkylation sites (N-methyl/N-ethyl adjacent to an activating group) is 1. The Labute approximate surface area is 186 Å². The summed E-state index contributed by atoms with van der Waals surface area (Å²) in [5, 5.41) is 3.71. The molecule has 1 aliphatic heterocycles. The van der Waals surface area contributed by atoms with Gasteiger partial charge in [-0.2, -0.15) is 13.9 Å². The molecule has 7 nitrogen and oxygen atoms in total. The highest BCUT2D eigenvalue weighted by atomic mass is 19.3. The van der Waals surface area contributed by atoms with E-state index in [1.807, 2.05) is 0 Å². The molecule has 0 saturated carbocycles. The van der Waals surface area contributed by atoms with Crippen molar-refractivity contribution in [3.63, 3.8) is 0 Å². The number of nitrogens with zero attached hydrogens (tertiary/aromatic N) is 4. The monoisotopic (exact) mass is 441 g/mol. The Bertz CT molecular complexity index is 1110. The van der Waals surface area contributed by atoms with Crippen LogP contribution in [-0.4, -0.2) is 52.9 Å². The molecular formula is C23H29F2N7. The van der Waals surface area contributed by atoms with Crippen LogP contribution < -0.4 is 16.4 Å². The number of benzene rings is 1. The van der Waals surface area contributed by atoms with Crippen molar-refractivity contribution < 1.29 is 8.78 Å². The number of aryl methyl sites for hydroxylation is 2. The summed E-state index contributed by atoms with van der Waals surface area (Å²) in [5.41, 5.74) is 19.5. The largest absolute Gasteiger partial charge is 0.398 e.